The molecule has 1 aromatic carbocycles. The summed E-state index contributed by atoms with van der Waals surface area (Å²) in [6, 6.07) is 11.8. The summed E-state index contributed by atoms with van der Waals surface area (Å²) in [5.41, 5.74) is 1.73. The van der Waals surface area contributed by atoms with Crippen LogP contribution in [0.4, 0.5) is 5.69 Å². The lowest BCUT2D eigenvalue weighted by atomic mass is 10.0. The molecule has 4 rings (SSSR count). The summed E-state index contributed by atoms with van der Waals surface area (Å²) >= 11 is 0. The molecule has 0 radical (unpaired) electrons. The number of piperidine rings is 1. The van der Waals surface area contributed by atoms with Crippen LogP contribution in [0, 0.1) is 6.92 Å². The van der Waals surface area contributed by atoms with Gasteiger partial charge >= 0.3 is 0 Å². The number of anilines is 1. The molecule has 164 valence electrons. The Hall–Kier alpha value is -4.01. The quantitative estimate of drug-likeness (QED) is 0.639. The zero-order chi connectivity index (χ0) is 22.5. The predicted molar refractivity (Wildman–Crippen MR) is 116 cm³/mol. The maximum Gasteiger partial charge on any atom is 0.273 e. The van der Waals surface area contributed by atoms with Gasteiger partial charge < -0.3 is 20.1 Å². The lowest BCUT2D eigenvalue weighted by molar-refractivity contribution is 0.0697. The molecule has 0 unspecified atom stereocenters. The molecule has 0 bridgehead atoms. The number of pyridine rings is 1. The number of aryl methyl sites for hydroxylation is 1. The van der Waals surface area contributed by atoms with Crippen LogP contribution in [0.5, 0.6) is 0 Å². The molecular weight excluding hydrogens is 410 g/mol. The smallest absolute Gasteiger partial charge is 0.273 e. The van der Waals surface area contributed by atoms with E-state index in [0.717, 1.165) is 0 Å². The minimum Gasteiger partial charge on any atom is -0.361 e. The highest BCUT2D eigenvalue weighted by atomic mass is 16.5. The second-order valence-corrected chi connectivity index (χ2v) is 7.64. The van der Waals surface area contributed by atoms with E-state index in [1.54, 1.807) is 60.5 Å². The van der Waals surface area contributed by atoms with Crippen LogP contribution in [0.25, 0.3) is 0 Å². The monoisotopic (exact) mass is 433 g/mol. The van der Waals surface area contributed by atoms with Crippen molar-refractivity contribution in [2.75, 3.05) is 18.4 Å². The van der Waals surface area contributed by atoms with E-state index in [1.807, 2.05) is 0 Å². The minimum absolute atomic E-state index is 0.0336. The Labute approximate surface area is 184 Å². The van der Waals surface area contributed by atoms with E-state index in [2.05, 4.69) is 20.8 Å². The molecule has 0 spiro atoms. The molecule has 1 aliphatic heterocycles. The summed E-state index contributed by atoms with van der Waals surface area (Å²) in [4.78, 5) is 43.2. The van der Waals surface area contributed by atoms with Crippen molar-refractivity contribution in [3.63, 3.8) is 0 Å². The Bertz CT molecular complexity index is 1120. The van der Waals surface area contributed by atoms with Gasteiger partial charge in [-0.3, -0.25) is 19.4 Å². The molecule has 9 nitrogen and oxygen atoms in total. The number of amides is 3. The van der Waals surface area contributed by atoms with Crippen molar-refractivity contribution in [2.24, 2.45) is 0 Å². The number of rotatable bonds is 5. The first-order valence-electron chi connectivity index (χ1n) is 10.3. The van der Waals surface area contributed by atoms with Crippen molar-refractivity contribution < 1.29 is 18.9 Å². The highest BCUT2D eigenvalue weighted by molar-refractivity contribution is 6.05. The number of hydrogen-bond donors (Lipinski definition) is 2. The number of carbonyl (C=O) groups is 3. The molecule has 1 saturated heterocycles. The van der Waals surface area contributed by atoms with Gasteiger partial charge in [-0.05, 0) is 50.1 Å². The van der Waals surface area contributed by atoms with Crippen molar-refractivity contribution in [1.29, 1.82) is 0 Å². The molecule has 2 aromatic heterocycles. The largest absolute Gasteiger partial charge is 0.361 e. The molecule has 1 aliphatic rings. The van der Waals surface area contributed by atoms with E-state index in [9.17, 15) is 14.4 Å². The topological polar surface area (TPSA) is 117 Å². The van der Waals surface area contributed by atoms with Crippen LogP contribution in [0.1, 0.15) is 49.8 Å². The Morgan fingerprint density at radius 1 is 1.03 bits per heavy atom. The molecule has 1 fully saturated rings. The van der Waals surface area contributed by atoms with Crippen LogP contribution in [0.2, 0.25) is 0 Å². The van der Waals surface area contributed by atoms with Gasteiger partial charge in [0, 0.05) is 48.8 Å². The summed E-state index contributed by atoms with van der Waals surface area (Å²) in [6.45, 7) is 2.77. The summed E-state index contributed by atoms with van der Waals surface area (Å²) in [5, 5.41) is 9.46. The maximum absolute atomic E-state index is 13.0. The Balaban J connectivity index is 1.32. The molecule has 9 heteroatoms. The lowest BCUT2D eigenvalue weighted by Crippen LogP contribution is -2.46. The van der Waals surface area contributed by atoms with Gasteiger partial charge in [-0.15, -0.1) is 0 Å². The normalized spacial score (nSPS) is 14.1. The Kier molecular flexibility index (Phi) is 6.25. The number of nitrogens with one attached hydrogen (secondary N) is 2. The van der Waals surface area contributed by atoms with Crippen molar-refractivity contribution in [3.8, 4) is 0 Å². The molecular formula is C23H23N5O4. The molecule has 32 heavy (non-hydrogen) atoms. The summed E-state index contributed by atoms with van der Waals surface area (Å²) < 4.78 is 4.94. The Morgan fingerprint density at radius 2 is 1.81 bits per heavy atom. The first-order chi connectivity index (χ1) is 15.5. The van der Waals surface area contributed by atoms with Crippen LogP contribution < -0.4 is 10.6 Å². The van der Waals surface area contributed by atoms with Crippen molar-refractivity contribution in [1.82, 2.24) is 20.4 Å². The third-order valence-corrected chi connectivity index (χ3v) is 5.27. The zero-order valence-corrected chi connectivity index (χ0v) is 17.6. The minimum atomic E-state index is -0.290. The lowest BCUT2D eigenvalue weighted by Gasteiger charge is -2.32. The fourth-order valence-electron chi connectivity index (χ4n) is 3.57. The molecule has 3 amide bonds. The molecule has 3 aromatic rings. The summed E-state index contributed by atoms with van der Waals surface area (Å²) in [7, 11) is 0. The molecule has 3 heterocycles. The number of aromatic nitrogens is 2. The van der Waals surface area contributed by atoms with Gasteiger partial charge in [0.15, 0.2) is 5.69 Å². The molecule has 0 saturated carbocycles. The highest BCUT2D eigenvalue weighted by Crippen LogP contribution is 2.18. The van der Waals surface area contributed by atoms with E-state index in [4.69, 9.17) is 4.52 Å². The second-order valence-electron chi connectivity index (χ2n) is 7.64. The maximum atomic E-state index is 13.0. The molecule has 2 N–H and O–H groups in total. The summed E-state index contributed by atoms with van der Waals surface area (Å²) in [6.07, 6.45) is 4.37. The van der Waals surface area contributed by atoms with Gasteiger partial charge in [0.25, 0.3) is 17.7 Å². The van der Waals surface area contributed by atoms with E-state index in [-0.39, 0.29) is 29.5 Å². The van der Waals surface area contributed by atoms with E-state index in [0.29, 0.717) is 48.5 Å². The second kappa shape index (κ2) is 9.42. The van der Waals surface area contributed by atoms with Crippen LogP contribution in [-0.2, 0) is 0 Å². The number of carbonyl (C=O) groups excluding carboxylic acids is 3. The van der Waals surface area contributed by atoms with Crippen molar-refractivity contribution >= 4 is 23.4 Å². The van der Waals surface area contributed by atoms with E-state index >= 15 is 0 Å². The van der Waals surface area contributed by atoms with Gasteiger partial charge in [-0.2, -0.15) is 0 Å². The van der Waals surface area contributed by atoms with E-state index in [1.165, 1.54) is 6.20 Å². The first-order valence-corrected chi connectivity index (χ1v) is 10.3. The number of benzene rings is 1. The molecule has 0 atom stereocenters. The van der Waals surface area contributed by atoms with Gasteiger partial charge in [-0.25, -0.2) is 0 Å². The SMILES string of the molecule is Cc1cc(C(=O)NC2CCN(C(=O)c3cccc(NC(=O)c4cccnc4)c3)CC2)no1. The van der Waals surface area contributed by atoms with Gasteiger partial charge in [0.1, 0.15) is 5.76 Å². The average molecular weight is 433 g/mol. The predicted octanol–water partition coefficient (Wildman–Crippen LogP) is 2.66. The zero-order valence-electron chi connectivity index (χ0n) is 17.6. The van der Waals surface area contributed by atoms with Crippen LogP contribution in [-0.4, -0.2) is 51.9 Å². The highest BCUT2D eigenvalue weighted by Gasteiger charge is 2.25. The fourth-order valence-corrected chi connectivity index (χ4v) is 3.57. The average Bonchev–Trinajstić information content (AvgIpc) is 3.26. The third kappa shape index (κ3) is 5.00. The number of likely N-dealkylation sites (tertiary alicyclic amines) is 1. The molecule has 0 aliphatic carbocycles. The van der Waals surface area contributed by atoms with Crippen LogP contribution in [0.3, 0.4) is 0 Å². The first kappa shape index (κ1) is 21.2. The van der Waals surface area contributed by atoms with E-state index < -0.39 is 0 Å². The van der Waals surface area contributed by atoms with Gasteiger partial charge in [0.05, 0.1) is 5.56 Å². The van der Waals surface area contributed by atoms with Crippen LogP contribution >= 0.6 is 0 Å². The number of nitrogens with zero attached hydrogens (tertiary/aromatic N) is 3. The third-order valence-electron chi connectivity index (χ3n) is 5.27. The van der Waals surface area contributed by atoms with Crippen molar-refractivity contribution in [2.45, 2.75) is 25.8 Å². The fraction of sp³-hybridized carbons (Fsp3) is 0.261. The Morgan fingerprint density at radius 3 is 2.50 bits per heavy atom. The summed E-state index contributed by atoms with van der Waals surface area (Å²) in [5.74, 6) is -0.0981. The van der Waals surface area contributed by atoms with Gasteiger partial charge in [0.2, 0.25) is 0 Å². The standard InChI is InChI=1S/C23H23N5O4/c1-15-12-20(27-32-15)22(30)25-18-7-10-28(11-8-18)23(31)16-4-2-6-19(13-16)26-21(29)17-5-3-9-24-14-17/h2-6,9,12-14,18H,7-8,10-11H2,1H3,(H,25,30)(H,26,29). The van der Waals surface area contributed by atoms with Gasteiger partial charge in [-0.1, -0.05) is 11.2 Å². The number of hydrogen-bond acceptors (Lipinski definition) is 6. The van der Waals surface area contributed by atoms with Crippen LogP contribution in [0.15, 0.2) is 59.4 Å². The van der Waals surface area contributed by atoms with Crippen molar-refractivity contribution in [3.05, 3.63) is 77.4 Å².